The van der Waals surface area contributed by atoms with Crippen molar-refractivity contribution in [2.75, 3.05) is 39.4 Å². The number of carbonyl (C=O) groups is 1. The van der Waals surface area contributed by atoms with Crippen molar-refractivity contribution in [1.29, 1.82) is 0 Å². The van der Waals surface area contributed by atoms with Crippen LogP contribution >= 0.6 is 0 Å². The van der Waals surface area contributed by atoms with Gasteiger partial charge in [0.05, 0.1) is 19.3 Å². The summed E-state index contributed by atoms with van der Waals surface area (Å²) in [6.45, 7) is 5.94. The minimum Gasteiger partial charge on any atom is -0.393 e. The van der Waals surface area contributed by atoms with Crippen LogP contribution in [0.4, 0.5) is 0 Å². The summed E-state index contributed by atoms with van der Waals surface area (Å²) >= 11 is 0. The molecular formula is C11H22N2O3. The standard InChI is InChI=1S/C11H22N2O3/c1-10(14)2-4-12-5-3-11(15)13-6-8-16-9-7-13/h10,12,14H,2-9H2,1H3. The summed E-state index contributed by atoms with van der Waals surface area (Å²) < 4.78 is 5.18. The van der Waals surface area contributed by atoms with Crippen molar-refractivity contribution in [3.05, 3.63) is 0 Å². The Hall–Kier alpha value is -0.650. The van der Waals surface area contributed by atoms with Crippen molar-refractivity contribution < 1.29 is 14.6 Å². The topological polar surface area (TPSA) is 61.8 Å². The lowest BCUT2D eigenvalue weighted by Gasteiger charge is -2.26. The number of nitrogens with one attached hydrogen (secondary N) is 1. The van der Waals surface area contributed by atoms with E-state index >= 15 is 0 Å². The summed E-state index contributed by atoms with van der Waals surface area (Å²) in [6, 6.07) is 0. The largest absolute Gasteiger partial charge is 0.393 e. The van der Waals surface area contributed by atoms with Crippen LogP contribution in [-0.4, -0.2) is 61.4 Å². The highest BCUT2D eigenvalue weighted by molar-refractivity contribution is 5.76. The Labute approximate surface area is 96.8 Å². The van der Waals surface area contributed by atoms with Gasteiger partial charge in [-0.2, -0.15) is 0 Å². The number of morpholine rings is 1. The monoisotopic (exact) mass is 230 g/mol. The van der Waals surface area contributed by atoms with E-state index in [4.69, 9.17) is 9.84 Å². The van der Waals surface area contributed by atoms with E-state index in [1.54, 1.807) is 6.92 Å². The van der Waals surface area contributed by atoms with E-state index < -0.39 is 0 Å². The van der Waals surface area contributed by atoms with Crippen LogP contribution in [0.3, 0.4) is 0 Å². The molecule has 1 atom stereocenters. The van der Waals surface area contributed by atoms with Crippen LogP contribution < -0.4 is 5.32 Å². The molecule has 1 aliphatic rings. The zero-order valence-corrected chi connectivity index (χ0v) is 9.95. The molecule has 1 aliphatic heterocycles. The number of rotatable bonds is 6. The van der Waals surface area contributed by atoms with Crippen molar-refractivity contribution in [3.8, 4) is 0 Å². The lowest BCUT2D eigenvalue weighted by atomic mass is 10.3. The molecule has 1 heterocycles. The van der Waals surface area contributed by atoms with Crippen LogP contribution in [0.5, 0.6) is 0 Å². The Kier molecular flexibility index (Phi) is 6.37. The summed E-state index contributed by atoms with van der Waals surface area (Å²) in [5.41, 5.74) is 0. The van der Waals surface area contributed by atoms with Gasteiger partial charge in [-0.05, 0) is 19.9 Å². The zero-order chi connectivity index (χ0) is 11.8. The van der Waals surface area contributed by atoms with Crippen LogP contribution in [0.25, 0.3) is 0 Å². The number of aliphatic hydroxyl groups excluding tert-OH is 1. The zero-order valence-electron chi connectivity index (χ0n) is 9.95. The second-order valence-electron chi connectivity index (χ2n) is 4.13. The van der Waals surface area contributed by atoms with E-state index in [0.717, 1.165) is 13.0 Å². The van der Waals surface area contributed by atoms with Gasteiger partial charge >= 0.3 is 0 Å². The molecule has 1 unspecified atom stereocenters. The second-order valence-corrected chi connectivity index (χ2v) is 4.13. The van der Waals surface area contributed by atoms with Crippen LogP contribution in [0, 0.1) is 0 Å². The van der Waals surface area contributed by atoms with Crippen molar-refractivity contribution in [2.24, 2.45) is 0 Å². The molecule has 5 heteroatoms. The minimum absolute atomic E-state index is 0.188. The highest BCUT2D eigenvalue weighted by Gasteiger charge is 2.15. The van der Waals surface area contributed by atoms with E-state index in [1.807, 2.05) is 4.90 Å². The molecule has 0 bridgehead atoms. The van der Waals surface area contributed by atoms with Crippen molar-refractivity contribution >= 4 is 5.91 Å². The first-order valence-electron chi connectivity index (χ1n) is 5.94. The summed E-state index contributed by atoms with van der Waals surface area (Å²) in [4.78, 5) is 13.5. The highest BCUT2D eigenvalue weighted by atomic mass is 16.5. The number of aliphatic hydroxyl groups is 1. The first-order chi connectivity index (χ1) is 7.70. The van der Waals surface area contributed by atoms with Crippen LogP contribution in [-0.2, 0) is 9.53 Å². The van der Waals surface area contributed by atoms with E-state index in [0.29, 0.717) is 39.3 Å². The first kappa shape index (κ1) is 13.4. The average Bonchev–Trinajstić information content (AvgIpc) is 2.29. The van der Waals surface area contributed by atoms with E-state index in [9.17, 15) is 4.79 Å². The van der Waals surface area contributed by atoms with Gasteiger partial charge in [-0.3, -0.25) is 4.79 Å². The fourth-order valence-corrected chi connectivity index (χ4v) is 1.60. The maximum atomic E-state index is 11.7. The maximum absolute atomic E-state index is 11.7. The van der Waals surface area contributed by atoms with Gasteiger partial charge < -0.3 is 20.1 Å². The molecule has 2 N–H and O–H groups in total. The first-order valence-corrected chi connectivity index (χ1v) is 5.94. The van der Waals surface area contributed by atoms with Crippen molar-refractivity contribution in [2.45, 2.75) is 25.9 Å². The smallest absolute Gasteiger partial charge is 0.224 e. The Morgan fingerprint density at radius 3 is 2.75 bits per heavy atom. The molecule has 0 aromatic rings. The van der Waals surface area contributed by atoms with Gasteiger partial charge in [-0.15, -0.1) is 0 Å². The van der Waals surface area contributed by atoms with E-state index in [-0.39, 0.29) is 12.0 Å². The third-order valence-corrected chi connectivity index (χ3v) is 2.62. The van der Waals surface area contributed by atoms with Gasteiger partial charge in [0.25, 0.3) is 0 Å². The third-order valence-electron chi connectivity index (χ3n) is 2.62. The number of hydrogen-bond donors (Lipinski definition) is 2. The third kappa shape index (κ3) is 5.44. The number of ether oxygens (including phenoxy) is 1. The highest BCUT2D eigenvalue weighted by Crippen LogP contribution is 1.99. The lowest BCUT2D eigenvalue weighted by molar-refractivity contribution is -0.135. The number of nitrogens with zero attached hydrogens (tertiary/aromatic N) is 1. The van der Waals surface area contributed by atoms with Crippen molar-refractivity contribution in [1.82, 2.24) is 10.2 Å². The van der Waals surface area contributed by atoms with E-state index in [1.165, 1.54) is 0 Å². The Bertz CT molecular complexity index is 203. The molecule has 0 aromatic carbocycles. The number of amides is 1. The normalized spacial score (nSPS) is 18.5. The molecule has 0 radical (unpaired) electrons. The van der Waals surface area contributed by atoms with Gasteiger partial charge in [-0.1, -0.05) is 0 Å². The molecular weight excluding hydrogens is 208 g/mol. The van der Waals surface area contributed by atoms with Gasteiger partial charge in [0, 0.05) is 26.1 Å². The molecule has 0 saturated carbocycles. The maximum Gasteiger partial charge on any atom is 0.224 e. The Morgan fingerprint density at radius 2 is 2.12 bits per heavy atom. The molecule has 1 fully saturated rings. The molecule has 0 aromatic heterocycles. The number of hydrogen-bond acceptors (Lipinski definition) is 4. The SMILES string of the molecule is CC(O)CCNCCC(=O)N1CCOCC1. The molecule has 1 amide bonds. The molecule has 5 nitrogen and oxygen atoms in total. The lowest BCUT2D eigenvalue weighted by Crippen LogP contribution is -2.41. The molecule has 94 valence electrons. The molecule has 0 spiro atoms. The summed E-state index contributed by atoms with van der Waals surface area (Å²) in [5, 5.41) is 12.2. The quantitative estimate of drug-likeness (QED) is 0.609. The van der Waals surface area contributed by atoms with Gasteiger partial charge in [0.1, 0.15) is 0 Å². The van der Waals surface area contributed by atoms with E-state index in [2.05, 4.69) is 5.32 Å². The summed E-state index contributed by atoms with van der Waals surface area (Å²) in [7, 11) is 0. The summed E-state index contributed by atoms with van der Waals surface area (Å²) in [5.74, 6) is 0.188. The second kappa shape index (κ2) is 7.60. The Morgan fingerprint density at radius 1 is 1.44 bits per heavy atom. The number of carbonyl (C=O) groups excluding carboxylic acids is 1. The predicted molar refractivity (Wildman–Crippen MR) is 61.2 cm³/mol. The predicted octanol–water partition coefficient (Wildman–Crippen LogP) is -0.404. The van der Waals surface area contributed by atoms with Crippen molar-refractivity contribution in [3.63, 3.8) is 0 Å². The molecule has 0 aliphatic carbocycles. The minimum atomic E-state index is -0.276. The average molecular weight is 230 g/mol. The molecule has 1 rings (SSSR count). The fraction of sp³-hybridized carbons (Fsp3) is 0.909. The Balaban J connectivity index is 2.01. The van der Waals surface area contributed by atoms with Crippen LogP contribution in [0.15, 0.2) is 0 Å². The van der Waals surface area contributed by atoms with Gasteiger partial charge in [0.2, 0.25) is 5.91 Å². The molecule has 1 saturated heterocycles. The summed E-state index contributed by atoms with van der Waals surface area (Å²) in [6.07, 6.45) is 0.980. The van der Waals surface area contributed by atoms with Crippen LogP contribution in [0.2, 0.25) is 0 Å². The van der Waals surface area contributed by atoms with Crippen LogP contribution in [0.1, 0.15) is 19.8 Å². The molecule has 16 heavy (non-hydrogen) atoms. The fourth-order valence-electron chi connectivity index (χ4n) is 1.60. The van der Waals surface area contributed by atoms with Gasteiger partial charge in [0.15, 0.2) is 0 Å². The van der Waals surface area contributed by atoms with Gasteiger partial charge in [-0.25, -0.2) is 0 Å².